The molecule has 4 nitrogen and oxygen atoms in total. The van der Waals surface area contributed by atoms with Gasteiger partial charge in [-0.15, -0.1) is 11.8 Å². The molecule has 0 spiro atoms. The average molecular weight is 401 g/mol. The van der Waals surface area contributed by atoms with Crippen LogP contribution < -0.4 is 10.7 Å². The number of fused-ring (bicyclic) bond motifs is 1. The lowest BCUT2D eigenvalue weighted by atomic mass is 10.1. The van der Waals surface area contributed by atoms with Gasteiger partial charge in [0.2, 0.25) is 5.91 Å². The van der Waals surface area contributed by atoms with Gasteiger partial charge in [0.25, 0.3) is 0 Å². The Balaban J connectivity index is 1.66. The molecule has 140 valence electrons. The molecule has 1 amide bonds. The molecule has 0 aliphatic carbocycles. The molecule has 1 heterocycles. The molecule has 1 aromatic heterocycles. The first kappa shape index (κ1) is 19.5. The quantitative estimate of drug-likeness (QED) is 0.635. The van der Waals surface area contributed by atoms with Gasteiger partial charge in [0, 0.05) is 33.6 Å². The van der Waals surface area contributed by atoms with Gasteiger partial charge in [0.05, 0.1) is 11.3 Å². The molecule has 3 aromatic rings. The van der Waals surface area contributed by atoms with Crippen LogP contribution in [0.3, 0.4) is 0 Å². The molecule has 0 saturated heterocycles. The maximum absolute atomic E-state index is 12.4. The molecule has 2 aromatic carbocycles. The molecule has 0 atom stereocenters. The number of pyridine rings is 1. The molecule has 0 unspecified atom stereocenters. The van der Waals surface area contributed by atoms with Crippen LogP contribution in [0.1, 0.15) is 22.4 Å². The number of halogens is 1. The summed E-state index contributed by atoms with van der Waals surface area (Å²) in [5.41, 5.74) is 5.43. The minimum Gasteiger partial charge on any atom is -0.357 e. The van der Waals surface area contributed by atoms with E-state index in [9.17, 15) is 9.59 Å². The predicted octanol–water partition coefficient (Wildman–Crippen LogP) is 4.98. The first-order valence-corrected chi connectivity index (χ1v) is 10.1. The lowest BCUT2D eigenvalue weighted by Crippen LogP contribution is -2.15. The number of rotatable bonds is 5. The molecule has 0 bridgehead atoms. The molecular formula is C21H21ClN2O2S. The molecule has 0 saturated carbocycles. The van der Waals surface area contributed by atoms with E-state index in [1.165, 1.54) is 11.8 Å². The van der Waals surface area contributed by atoms with Gasteiger partial charge in [-0.1, -0.05) is 23.7 Å². The SMILES string of the molecule is Cc1cc(C)c2c(=O)cc(CSCC(=O)Nc3cc(Cl)ccc3C)[nH]c2c1. The van der Waals surface area contributed by atoms with Crippen molar-refractivity contribution in [2.24, 2.45) is 0 Å². The summed E-state index contributed by atoms with van der Waals surface area (Å²) in [7, 11) is 0. The molecule has 27 heavy (non-hydrogen) atoms. The van der Waals surface area contributed by atoms with E-state index < -0.39 is 0 Å². The van der Waals surface area contributed by atoms with Crippen LogP contribution in [0.4, 0.5) is 5.69 Å². The van der Waals surface area contributed by atoms with Gasteiger partial charge in [-0.05, 0) is 55.7 Å². The van der Waals surface area contributed by atoms with Gasteiger partial charge in [-0.25, -0.2) is 0 Å². The summed E-state index contributed by atoms with van der Waals surface area (Å²) in [6.45, 7) is 5.87. The predicted molar refractivity (Wildman–Crippen MR) is 115 cm³/mol. The fourth-order valence-electron chi connectivity index (χ4n) is 3.08. The van der Waals surface area contributed by atoms with Crippen LogP contribution in [0.25, 0.3) is 10.9 Å². The van der Waals surface area contributed by atoms with Crippen LogP contribution in [0.15, 0.2) is 41.2 Å². The minimum absolute atomic E-state index is 0.0100. The van der Waals surface area contributed by atoms with Crippen LogP contribution in [0.2, 0.25) is 5.02 Å². The number of amides is 1. The van der Waals surface area contributed by atoms with E-state index in [2.05, 4.69) is 10.3 Å². The maximum atomic E-state index is 12.4. The zero-order chi connectivity index (χ0) is 19.6. The topological polar surface area (TPSA) is 62.0 Å². The van der Waals surface area contributed by atoms with Gasteiger partial charge in [-0.2, -0.15) is 0 Å². The van der Waals surface area contributed by atoms with E-state index in [1.807, 2.05) is 39.0 Å². The van der Waals surface area contributed by atoms with Gasteiger partial charge in [0.15, 0.2) is 5.43 Å². The number of aromatic nitrogens is 1. The normalized spacial score (nSPS) is 11.0. The van der Waals surface area contributed by atoms with Gasteiger partial charge >= 0.3 is 0 Å². The van der Waals surface area contributed by atoms with E-state index in [0.29, 0.717) is 16.5 Å². The van der Waals surface area contributed by atoms with Gasteiger partial charge in [0.1, 0.15) is 0 Å². The molecule has 0 aliphatic heterocycles. The Kier molecular flexibility index (Phi) is 5.92. The van der Waals surface area contributed by atoms with Crippen molar-refractivity contribution < 1.29 is 4.79 Å². The Labute approximate surface area is 167 Å². The number of anilines is 1. The Bertz CT molecular complexity index is 1080. The van der Waals surface area contributed by atoms with E-state index >= 15 is 0 Å². The van der Waals surface area contributed by atoms with E-state index in [-0.39, 0.29) is 11.3 Å². The number of aryl methyl sites for hydroxylation is 3. The molecule has 2 N–H and O–H groups in total. The van der Waals surface area contributed by atoms with Crippen molar-refractivity contribution >= 4 is 45.9 Å². The Morgan fingerprint density at radius 3 is 2.67 bits per heavy atom. The van der Waals surface area contributed by atoms with Gasteiger partial charge in [-0.3, -0.25) is 9.59 Å². The highest BCUT2D eigenvalue weighted by Crippen LogP contribution is 2.21. The lowest BCUT2D eigenvalue weighted by Gasteiger charge is -2.09. The summed E-state index contributed by atoms with van der Waals surface area (Å²) in [5, 5.41) is 4.19. The fourth-order valence-corrected chi connectivity index (χ4v) is 3.99. The van der Waals surface area contributed by atoms with Crippen molar-refractivity contribution in [2.75, 3.05) is 11.1 Å². The smallest absolute Gasteiger partial charge is 0.234 e. The summed E-state index contributed by atoms with van der Waals surface area (Å²) in [6, 6.07) is 11.0. The average Bonchev–Trinajstić information content (AvgIpc) is 2.57. The second-order valence-corrected chi connectivity index (χ2v) is 8.09. The Morgan fingerprint density at radius 2 is 1.89 bits per heavy atom. The third kappa shape index (κ3) is 4.73. The van der Waals surface area contributed by atoms with Crippen molar-refractivity contribution in [3.63, 3.8) is 0 Å². The number of carbonyl (C=O) groups excluding carboxylic acids is 1. The standard InChI is InChI=1S/C21H21ClN2O2S/c1-12-6-14(3)21-18(7-12)23-16(9-19(21)25)10-27-11-20(26)24-17-8-15(22)5-4-13(17)2/h4-9H,10-11H2,1-3H3,(H,23,25)(H,24,26). The Morgan fingerprint density at radius 1 is 1.11 bits per heavy atom. The summed E-state index contributed by atoms with van der Waals surface area (Å²) in [4.78, 5) is 27.9. The third-order valence-corrected chi connectivity index (χ3v) is 5.51. The molecule has 0 radical (unpaired) electrons. The zero-order valence-electron chi connectivity index (χ0n) is 15.5. The van der Waals surface area contributed by atoms with Gasteiger partial charge < -0.3 is 10.3 Å². The maximum Gasteiger partial charge on any atom is 0.234 e. The number of carbonyl (C=O) groups is 1. The summed E-state index contributed by atoms with van der Waals surface area (Å²) >= 11 is 7.43. The first-order valence-electron chi connectivity index (χ1n) is 8.60. The van der Waals surface area contributed by atoms with E-state index in [0.717, 1.165) is 39.0 Å². The van der Waals surface area contributed by atoms with Crippen LogP contribution in [0.5, 0.6) is 0 Å². The highest BCUT2D eigenvalue weighted by atomic mass is 35.5. The molecule has 0 aliphatic rings. The number of hydrogen-bond donors (Lipinski definition) is 2. The third-order valence-electron chi connectivity index (χ3n) is 4.29. The number of thioether (sulfide) groups is 1. The molecular weight excluding hydrogens is 380 g/mol. The largest absolute Gasteiger partial charge is 0.357 e. The summed E-state index contributed by atoms with van der Waals surface area (Å²) in [5.74, 6) is 0.749. The zero-order valence-corrected chi connectivity index (χ0v) is 17.1. The first-order chi connectivity index (χ1) is 12.8. The highest BCUT2D eigenvalue weighted by molar-refractivity contribution is 7.99. The van der Waals surface area contributed by atoms with Crippen molar-refractivity contribution in [3.05, 3.63) is 74.0 Å². The van der Waals surface area contributed by atoms with Crippen molar-refractivity contribution in [3.8, 4) is 0 Å². The van der Waals surface area contributed by atoms with E-state index in [1.54, 1.807) is 18.2 Å². The fraction of sp³-hybridized carbons (Fsp3) is 0.238. The summed E-state index contributed by atoms with van der Waals surface area (Å²) < 4.78 is 0. The van der Waals surface area contributed by atoms with Crippen molar-refractivity contribution in [1.82, 2.24) is 4.98 Å². The minimum atomic E-state index is -0.0970. The molecule has 3 rings (SSSR count). The summed E-state index contributed by atoms with van der Waals surface area (Å²) in [6.07, 6.45) is 0. The monoisotopic (exact) mass is 400 g/mol. The number of H-pyrrole nitrogens is 1. The highest BCUT2D eigenvalue weighted by Gasteiger charge is 2.09. The van der Waals surface area contributed by atoms with Crippen LogP contribution in [-0.2, 0) is 10.5 Å². The van der Waals surface area contributed by atoms with E-state index in [4.69, 9.17) is 11.6 Å². The molecule has 0 fully saturated rings. The van der Waals surface area contributed by atoms with Crippen LogP contribution in [-0.4, -0.2) is 16.6 Å². The molecule has 6 heteroatoms. The van der Waals surface area contributed by atoms with Crippen molar-refractivity contribution in [2.45, 2.75) is 26.5 Å². The van der Waals surface area contributed by atoms with Crippen LogP contribution in [0, 0.1) is 20.8 Å². The second kappa shape index (κ2) is 8.19. The van der Waals surface area contributed by atoms with Crippen LogP contribution >= 0.6 is 23.4 Å². The Hall–Kier alpha value is -2.24. The number of nitrogens with one attached hydrogen (secondary N) is 2. The lowest BCUT2D eigenvalue weighted by molar-refractivity contribution is -0.113. The number of benzene rings is 2. The van der Waals surface area contributed by atoms with Crippen molar-refractivity contribution in [1.29, 1.82) is 0 Å². The number of aromatic amines is 1. The second-order valence-electron chi connectivity index (χ2n) is 6.66. The number of hydrogen-bond acceptors (Lipinski definition) is 3.